The minimum absolute atomic E-state index is 0.00809. The smallest absolute Gasteiger partial charge is 0.238 e. The molecule has 2 aromatic carbocycles. The van der Waals surface area contributed by atoms with E-state index in [2.05, 4.69) is 54.4 Å². The Hall–Kier alpha value is -2.64. The van der Waals surface area contributed by atoms with Crippen LogP contribution in [-0.2, 0) is 17.8 Å². The van der Waals surface area contributed by atoms with Crippen molar-refractivity contribution in [3.8, 4) is 6.07 Å². The lowest BCUT2D eigenvalue weighted by atomic mass is 10.0. The third kappa shape index (κ3) is 5.67. The SMILES string of the molecule is CC(C)c1ccc(CN(CC(=O)Nc2ccc(CC#N)cc2)C2CC2)cc1. The molecule has 1 aliphatic carbocycles. The van der Waals surface area contributed by atoms with Gasteiger partial charge in [0.2, 0.25) is 5.91 Å². The van der Waals surface area contributed by atoms with Crippen molar-refractivity contribution in [3.05, 3.63) is 65.2 Å². The Morgan fingerprint density at radius 3 is 2.30 bits per heavy atom. The molecule has 1 aliphatic rings. The van der Waals surface area contributed by atoms with E-state index < -0.39 is 0 Å². The third-order valence-corrected chi connectivity index (χ3v) is 4.96. The summed E-state index contributed by atoms with van der Waals surface area (Å²) in [6.45, 7) is 5.60. The zero-order chi connectivity index (χ0) is 19.2. The van der Waals surface area contributed by atoms with Crippen molar-refractivity contribution in [2.45, 2.75) is 51.6 Å². The van der Waals surface area contributed by atoms with Crippen LogP contribution >= 0.6 is 0 Å². The quantitative estimate of drug-likeness (QED) is 0.754. The van der Waals surface area contributed by atoms with Crippen molar-refractivity contribution in [1.29, 1.82) is 5.26 Å². The highest BCUT2D eigenvalue weighted by atomic mass is 16.2. The molecule has 0 radical (unpaired) electrons. The average molecular weight is 361 g/mol. The van der Waals surface area contributed by atoms with Crippen LogP contribution in [0.15, 0.2) is 48.5 Å². The maximum atomic E-state index is 12.5. The highest BCUT2D eigenvalue weighted by Crippen LogP contribution is 2.28. The number of hydrogen-bond donors (Lipinski definition) is 1. The maximum absolute atomic E-state index is 12.5. The van der Waals surface area contributed by atoms with Gasteiger partial charge in [0.05, 0.1) is 19.0 Å². The summed E-state index contributed by atoms with van der Waals surface area (Å²) >= 11 is 0. The molecule has 1 fully saturated rings. The molecule has 1 N–H and O–H groups in total. The van der Waals surface area contributed by atoms with Crippen LogP contribution in [0.4, 0.5) is 5.69 Å². The third-order valence-electron chi connectivity index (χ3n) is 4.96. The molecule has 0 saturated heterocycles. The van der Waals surface area contributed by atoms with Gasteiger partial charge in [-0.1, -0.05) is 50.2 Å². The van der Waals surface area contributed by atoms with E-state index in [4.69, 9.17) is 5.26 Å². The lowest BCUT2D eigenvalue weighted by molar-refractivity contribution is -0.117. The van der Waals surface area contributed by atoms with Gasteiger partial charge in [-0.25, -0.2) is 0 Å². The molecule has 0 heterocycles. The number of hydrogen-bond acceptors (Lipinski definition) is 3. The highest BCUT2D eigenvalue weighted by molar-refractivity contribution is 5.92. The van der Waals surface area contributed by atoms with Crippen molar-refractivity contribution in [2.75, 3.05) is 11.9 Å². The summed E-state index contributed by atoms with van der Waals surface area (Å²) in [5.41, 5.74) is 4.33. The van der Waals surface area contributed by atoms with Gasteiger partial charge in [-0.05, 0) is 47.6 Å². The van der Waals surface area contributed by atoms with E-state index in [1.807, 2.05) is 24.3 Å². The molecular formula is C23H27N3O. The van der Waals surface area contributed by atoms with Crippen molar-refractivity contribution < 1.29 is 4.79 Å². The fourth-order valence-electron chi connectivity index (χ4n) is 3.18. The number of amides is 1. The standard InChI is InChI=1S/C23H27N3O/c1-17(2)20-7-3-19(4-8-20)15-26(22-11-12-22)16-23(27)25-21-9-5-18(6-10-21)13-14-24/h3-10,17,22H,11-13,15-16H2,1-2H3,(H,25,27). The monoisotopic (exact) mass is 361 g/mol. The molecule has 2 aromatic rings. The molecular weight excluding hydrogens is 334 g/mol. The van der Waals surface area contributed by atoms with Crippen molar-refractivity contribution in [3.63, 3.8) is 0 Å². The van der Waals surface area contributed by atoms with E-state index >= 15 is 0 Å². The molecule has 1 amide bonds. The first kappa shape index (κ1) is 19.1. The second kappa shape index (κ2) is 8.83. The van der Waals surface area contributed by atoms with Gasteiger partial charge in [0.1, 0.15) is 0 Å². The number of nitrogens with zero attached hydrogens (tertiary/aromatic N) is 2. The normalized spacial score (nSPS) is 13.6. The summed E-state index contributed by atoms with van der Waals surface area (Å²) < 4.78 is 0. The first-order valence-electron chi connectivity index (χ1n) is 9.64. The Kier molecular flexibility index (Phi) is 6.26. The molecule has 0 aliphatic heterocycles. The van der Waals surface area contributed by atoms with E-state index in [0.29, 0.717) is 24.9 Å². The predicted molar refractivity (Wildman–Crippen MR) is 108 cm³/mol. The molecule has 140 valence electrons. The van der Waals surface area contributed by atoms with E-state index in [1.165, 1.54) is 24.0 Å². The van der Waals surface area contributed by atoms with E-state index in [1.54, 1.807) is 0 Å². The Morgan fingerprint density at radius 1 is 1.11 bits per heavy atom. The summed E-state index contributed by atoms with van der Waals surface area (Å²) in [6.07, 6.45) is 2.72. The number of rotatable bonds is 8. The molecule has 4 nitrogen and oxygen atoms in total. The first-order valence-corrected chi connectivity index (χ1v) is 9.64. The van der Waals surface area contributed by atoms with E-state index in [9.17, 15) is 4.79 Å². The van der Waals surface area contributed by atoms with E-state index in [0.717, 1.165) is 17.8 Å². The van der Waals surface area contributed by atoms with Crippen LogP contribution < -0.4 is 5.32 Å². The number of benzene rings is 2. The van der Waals surface area contributed by atoms with Gasteiger partial charge in [0, 0.05) is 18.3 Å². The number of anilines is 1. The van der Waals surface area contributed by atoms with Gasteiger partial charge in [0.15, 0.2) is 0 Å². The molecule has 3 rings (SSSR count). The Labute approximate surface area is 161 Å². The molecule has 4 heteroatoms. The second-order valence-corrected chi connectivity index (χ2v) is 7.61. The Morgan fingerprint density at radius 2 is 1.74 bits per heavy atom. The van der Waals surface area contributed by atoms with Gasteiger partial charge >= 0.3 is 0 Å². The Balaban J connectivity index is 1.57. The summed E-state index contributed by atoms with van der Waals surface area (Å²) in [5, 5.41) is 11.7. The lowest BCUT2D eigenvalue weighted by Gasteiger charge is -2.22. The summed E-state index contributed by atoms with van der Waals surface area (Å²) in [7, 11) is 0. The minimum atomic E-state index is 0.00809. The van der Waals surface area contributed by atoms with Crippen LogP contribution in [0.1, 0.15) is 49.3 Å². The zero-order valence-corrected chi connectivity index (χ0v) is 16.1. The van der Waals surface area contributed by atoms with Gasteiger partial charge < -0.3 is 5.32 Å². The highest BCUT2D eigenvalue weighted by Gasteiger charge is 2.30. The van der Waals surface area contributed by atoms with Gasteiger partial charge in [0.25, 0.3) is 0 Å². The molecule has 0 spiro atoms. The molecule has 27 heavy (non-hydrogen) atoms. The number of carbonyl (C=O) groups is 1. The van der Waals surface area contributed by atoms with E-state index in [-0.39, 0.29) is 5.91 Å². The maximum Gasteiger partial charge on any atom is 0.238 e. The van der Waals surface area contributed by atoms with Crippen LogP contribution in [0.25, 0.3) is 0 Å². The van der Waals surface area contributed by atoms with Gasteiger partial charge in [-0.15, -0.1) is 0 Å². The van der Waals surface area contributed by atoms with Crippen LogP contribution in [0.2, 0.25) is 0 Å². The Bertz CT molecular complexity index is 799. The van der Waals surface area contributed by atoms with Crippen molar-refractivity contribution in [1.82, 2.24) is 4.90 Å². The van der Waals surface area contributed by atoms with Gasteiger partial charge in [-0.3, -0.25) is 9.69 Å². The molecule has 0 aromatic heterocycles. The second-order valence-electron chi connectivity index (χ2n) is 7.61. The summed E-state index contributed by atoms with van der Waals surface area (Å²) in [4.78, 5) is 14.8. The van der Waals surface area contributed by atoms with Gasteiger partial charge in [-0.2, -0.15) is 5.26 Å². The largest absolute Gasteiger partial charge is 0.325 e. The van der Waals surface area contributed by atoms with Crippen LogP contribution in [0.3, 0.4) is 0 Å². The molecule has 0 unspecified atom stereocenters. The number of nitriles is 1. The summed E-state index contributed by atoms with van der Waals surface area (Å²) in [5.74, 6) is 0.539. The molecule has 0 bridgehead atoms. The van der Waals surface area contributed by atoms with Crippen LogP contribution in [-0.4, -0.2) is 23.4 Å². The van der Waals surface area contributed by atoms with Crippen LogP contribution in [0.5, 0.6) is 0 Å². The molecule has 0 atom stereocenters. The molecule has 1 saturated carbocycles. The van der Waals surface area contributed by atoms with Crippen molar-refractivity contribution in [2.24, 2.45) is 0 Å². The first-order chi connectivity index (χ1) is 13.0. The predicted octanol–water partition coefficient (Wildman–Crippen LogP) is 4.48. The van der Waals surface area contributed by atoms with Crippen molar-refractivity contribution >= 4 is 11.6 Å². The van der Waals surface area contributed by atoms with Crippen LogP contribution in [0, 0.1) is 11.3 Å². The number of carbonyl (C=O) groups excluding carboxylic acids is 1. The average Bonchev–Trinajstić information content (AvgIpc) is 3.49. The fourth-order valence-corrected chi connectivity index (χ4v) is 3.18. The number of nitrogens with one attached hydrogen (secondary N) is 1. The lowest BCUT2D eigenvalue weighted by Crippen LogP contribution is -2.34. The minimum Gasteiger partial charge on any atom is -0.325 e. The fraction of sp³-hybridized carbons (Fsp3) is 0.391. The zero-order valence-electron chi connectivity index (χ0n) is 16.1. The summed E-state index contributed by atoms with van der Waals surface area (Å²) in [6, 6.07) is 18.9. The topological polar surface area (TPSA) is 56.1 Å².